The van der Waals surface area contributed by atoms with Gasteiger partial charge in [0.2, 0.25) is 0 Å². The van der Waals surface area contributed by atoms with Crippen molar-refractivity contribution >= 4 is 11.6 Å². The molecule has 0 atom stereocenters. The summed E-state index contributed by atoms with van der Waals surface area (Å²) in [6.45, 7) is 3.46. The molecular formula is C16H14FN5O. The van der Waals surface area contributed by atoms with E-state index in [-0.39, 0.29) is 11.4 Å². The van der Waals surface area contributed by atoms with Crippen molar-refractivity contribution in [2.45, 2.75) is 13.8 Å². The van der Waals surface area contributed by atoms with Crippen LogP contribution in [0.3, 0.4) is 0 Å². The van der Waals surface area contributed by atoms with E-state index in [9.17, 15) is 9.18 Å². The fourth-order valence-electron chi connectivity index (χ4n) is 2.18. The van der Waals surface area contributed by atoms with E-state index in [0.717, 1.165) is 5.56 Å². The van der Waals surface area contributed by atoms with Gasteiger partial charge in [-0.3, -0.25) is 9.78 Å². The molecular weight excluding hydrogens is 297 g/mol. The number of benzene rings is 1. The molecule has 2 aromatic heterocycles. The van der Waals surface area contributed by atoms with E-state index in [2.05, 4.69) is 20.6 Å². The van der Waals surface area contributed by atoms with Crippen LogP contribution in [0, 0.1) is 19.7 Å². The van der Waals surface area contributed by atoms with Crippen molar-refractivity contribution < 1.29 is 9.18 Å². The van der Waals surface area contributed by atoms with Crippen LogP contribution < -0.4 is 5.32 Å². The highest BCUT2D eigenvalue weighted by atomic mass is 19.1. The fraction of sp³-hybridized carbons (Fsp3) is 0.125. The summed E-state index contributed by atoms with van der Waals surface area (Å²) in [5.74, 6) is -0.841. The van der Waals surface area contributed by atoms with Gasteiger partial charge in [-0.05, 0) is 43.7 Å². The summed E-state index contributed by atoms with van der Waals surface area (Å²) >= 11 is 0. The van der Waals surface area contributed by atoms with Crippen molar-refractivity contribution in [3.63, 3.8) is 0 Å². The number of carbonyl (C=O) groups is 1. The van der Waals surface area contributed by atoms with Gasteiger partial charge < -0.3 is 5.32 Å². The van der Waals surface area contributed by atoms with Crippen LogP contribution in [0.2, 0.25) is 0 Å². The van der Waals surface area contributed by atoms with Crippen molar-refractivity contribution in [2.24, 2.45) is 0 Å². The molecule has 0 aliphatic heterocycles. The van der Waals surface area contributed by atoms with E-state index in [1.165, 1.54) is 16.9 Å². The number of nitrogens with zero attached hydrogens (tertiary/aromatic N) is 4. The van der Waals surface area contributed by atoms with Crippen LogP contribution in [0.4, 0.5) is 10.1 Å². The molecule has 0 saturated heterocycles. The predicted octanol–water partition coefficient (Wildman–Crippen LogP) is 2.67. The molecule has 3 aromatic rings. The lowest BCUT2D eigenvalue weighted by Crippen LogP contribution is -2.14. The van der Waals surface area contributed by atoms with Crippen LogP contribution >= 0.6 is 0 Å². The highest BCUT2D eigenvalue weighted by Crippen LogP contribution is 2.18. The number of rotatable bonds is 3. The summed E-state index contributed by atoms with van der Waals surface area (Å²) in [6.07, 6.45) is 3.13. The molecule has 0 unspecified atom stereocenters. The first-order chi connectivity index (χ1) is 11.1. The van der Waals surface area contributed by atoms with E-state index >= 15 is 0 Å². The third-order valence-electron chi connectivity index (χ3n) is 3.36. The lowest BCUT2D eigenvalue weighted by molar-refractivity contribution is 0.102. The lowest BCUT2D eigenvalue weighted by Gasteiger charge is -2.06. The molecule has 0 fully saturated rings. The van der Waals surface area contributed by atoms with Gasteiger partial charge >= 0.3 is 0 Å². The van der Waals surface area contributed by atoms with Crippen LogP contribution in [0.5, 0.6) is 0 Å². The van der Waals surface area contributed by atoms with Gasteiger partial charge in [-0.2, -0.15) is 0 Å². The zero-order valence-corrected chi connectivity index (χ0v) is 12.6. The minimum atomic E-state index is -0.422. The smallest absolute Gasteiger partial charge is 0.278 e. The number of hydrogen-bond acceptors (Lipinski definition) is 4. The highest BCUT2D eigenvalue weighted by molar-refractivity contribution is 6.03. The first-order valence-corrected chi connectivity index (χ1v) is 6.96. The monoisotopic (exact) mass is 311 g/mol. The zero-order valence-electron chi connectivity index (χ0n) is 12.6. The van der Waals surface area contributed by atoms with Crippen LogP contribution in [0.1, 0.15) is 21.7 Å². The Morgan fingerprint density at radius 2 is 2.09 bits per heavy atom. The lowest BCUT2D eigenvalue weighted by atomic mass is 10.2. The Morgan fingerprint density at radius 3 is 2.78 bits per heavy atom. The molecule has 1 aromatic carbocycles. The summed E-state index contributed by atoms with van der Waals surface area (Å²) in [4.78, 5) is 16.2. The number of aryl methyl sites for hydroxylation is 1. The molecule has 0 spiro atoms. The molecule has 1 amide bonds. The average Bonchev–Trinajstić information content (AvgIpc) is 2.90. The summed E-state index contributed by atoms with van der Waals surface area (Å²) < 4.78 is 15.4. The first kappa shape index (κ1) is 14.8. The number of anilines is 1. The third kappa shape index (κ3) is 2.94. The van der Waals surface area contributed by atoms with E-state index < -0.39 is 11.7 Å². The second-order valence-corrected chi connectivity index (χ2v) is 5.09. The Morgan fingerprint density at radius 1 is 1.26 bits per heavy atom. The van der Waals surface area contributed by atoms with Gasteiger partial charge in [0.1, 0.15) is 11.5 Å². The minimum absolute atomic E-state index is 0.133. The van der Waals surface area contributed by atoms with Crippen molar-refractivity contribution in [3.8, 4) is 5.69 Å². The molecule has 3 rings (SSSR count). The van der Waals surface area contributed by atoms with Crippen molar-refractivity contribution in [1.29, 1.82) is 0 Å². The molecule has 0 aliphatic carbocycles. The van der Waals surface area contributed by atoms with Crippen molar-refractivity contribution in [1.82, 2.24) is 20.0 Å². The zero-order chi connectivity index (χ0) is 16.4. The molecule has 116 valence electrons. The molecule has 6 nitrogen and oxygen atoms in total. The Balaban J connectivity index is 1.91. The Hall–Kier alpha value is -3.09. The Kier molecular flexibility index (Phi) is 3.84. The van der Waals surface area contributed by atoms with E-state index in [4.69, 9.17) is 0 Å². The molecule has 7 heteroatoms. The second-order valence-electron chi connectivity index (χ2n) is 5.09. The average molecular weight is 311 g/mol. The normalized spacial score (nSPS) is 10.6. The van der Waals surface area contributed by atoms with Gasteiger partial charge in [-0.15, -0.1) is 5.10 Å². The van der Waals surface area contributed by atoms with Crippen LogP contribution in [0.15, 0.2) is 42.7 Å². The molecule has 0 aliphatic rings. The molecule has 2 heterocycles. The van der Waals surface area contributed by atoms with Crippen LogP contribution in [-0.4, -0.2) is 25.9 Å². The molecule has 0 saturated carbocycles. The number of aromatic nitrogens is 4. The van der Waals surface area contributed by atoms with Crippen LogP contribution in [0.25, 0.3) is 5.69 Å². The van der Waals surface area contributed by atoms with Gasteiger partial charge in [0.25, 0.3) is 5.91 Å². The summed E-state index contributed by atoms with van der Waals surface area (Å²) in [6, 6.07) is 8.21. The maximum Gasteiger partial charge on any atom is 0.278 e. The number of halogens is 1. The van der Waals surface area contributed by atoms with E-state index in [1.807, 2.05) is 0 Å². The number of amides is 1. The van der Waals surface area contributed by atoms with E-state index in [0.29, 0.717) is 11.4 Å². The summed E-state index contributed by atoms with van der Waals surface area (Å²) in [5, 5.41) is 10.4. The minimum Gasteiger partial charge on any atom is -0.319 e. The maximum absolute atomic E-state index is 14.1. The Labute approximate surface area is 132 Å². The second kappa shape index (κ2) is 5.96. The SMILES string of the molecule is Cc1ccc(-n2nnc(C(=O)Nc3cccnc3)c2C)c(F)c1. The number of nitrogens with one attached hydrogen (secondary N) is 1. The quantitative estimate of drug-likeness (QED) is 0.807. The van der Waals surface area contributed by atoms with Crippen LogP contribution in [-0.2, 0) is 0 Å². The fourth-order valence-corrected chi connectivity index (χ4v) is 2.18. The first-order valence-electron chi connectivity index (χ1n) is 6.96. The Bertz CT molecular complexity index is 860. The molecule has 23 heavy (non-hydrogen) atoms. The van der Waals surface area contributed by atoms with Gasteiger partial charge in [0, 0.05) is 6.20 Å². The predicted molar refractivity (Wildman–Crippen MR) is 83.0 cm³/mol. The summed E-state index contributed by atoms with van der Waals surface area (Å²) in [5.41, 5.74) is 2.19. The topological polar surface area (TPSA) is 72.7 Å². The molecule has 0 radical (unpaired) electrons. The largest absolute Gasteiger partial charge is 0.319 e. The van der Waals surface area contributed by atoms with Gasteiger partial charge in [-0.1, -0.05) is 11.3 Å². The van der Waals surface area contributed by atoms with Gasteiger partial charge in [0.05, 0.1) is 17.6 Å². The number of carbonyl (C=O) groups excluding carboxylic acids is 1. The standard InChI is InChI=1S/C16H14FN5O/c1-10-5-6-14(13(17)8-10)22-11(2)15(20-21-22)16(23)19-12-4-3-7-18-9-12/h3-9H,1-2H3,(H,19,23). The van der Waals surface area contributed by atoms with Crippen molar-refractivity contribution in [2.75, 3.05) is 5.32 Å². The molecule has 0 bridgehead atoms. The summed E-state index contributed by atoms with van der Waals surface area (Å²) in [7, 11) is 0. The third-order valence-corrected chi connectivity index (χ3v) is 3.36. The number of pyridine rings is 1. The highest BCUT2D eigenvalue weighted by Gasteiger charge is 2.19. The van der Waals surface area contributed by atoms with Gasteiger partial charge in [-0.25, -0.2) is 9.07 Å². The maximum atomic E-state index is 14.1. The number of hydrogen-bond donors (Lipinski definition) is 1. The van der Waals surface area contributed by atoms with E-state index in [1.54, 1.807) is 44.3 Å². The van der Waals surface area contributed by atoms with Crippen molar-refractivity contribution in [3.05, 3.63) is 65.5 Å². The van der Waals surface area contributed by atoms with Gasteiger partial charge in [0.15, 0.2) is 5.69 Å². The molecule has 1 N–H and O–H groups in total.